The highest BCUT2D eigenvalue weighted by Crippen LogP contribution is 2.28. The number of benzene rings is 2. The number of phenols is 1. The van der Waals surface area contributed by atoms with Crippen LogP contribution in [0.3, 0.4) is 0 Å². The van der Waals surface area contributed by atoms with E-state index in [1.54, 1.807) is 24.3 Å². The molecule has 126 valence electrons. The molecule has 24 heavy (non-hydrogen) atoms. The van der Waals surface area contributed by atoms with Crippen molar-refractivity contribution >= 4 is 11.5 Å². The highest BCUT2D eigenvalue weighted by molar-refractivity contribution is 6.09. The summed E-state index contributed by atoms with van der Waals surface area (Å²) in [7, 11) is 1.47. The molecule has 1 heterocycles. The largest absolute Gasteiger partial charge is 0.504 e. The quantitative estimate of drug-likeness (QED) is 0.845. The Kier molecular flexibility index (Phi) is 4.71. The molecule has 0 atom stereocenters. The highest BCUT2D eigenvalue weighted by Gasteiger charge is 2.18. The third-order valence-electron chi connectivity index (χ3n) is 4.40. The number of hydrogen-bond acceptors (Lipinski definition) is 5. The van der Waals surface area contributed by atoms with Crippen molar-refractivity contribution in [2.45, 2.75) is 18.9 Å². The van der Waals surface area contributed by atoms with Gasteiger partial charge in [-0.25, -0.2) is 0 Å². The molecular weight excluding hydrogens is 306 g/mol. The van der Waals surface area contributed by atoms with Gasteiger partial charge in [0.2, 0.25) is 0 Å². The number of methoxy groups -OCH3 is 1. The van der Waals surface area contributed by atoms with E-state index in [-0.39, 0.29) is 17.6 Å². The molecule has 0 bridgehead atoms. The second kappa shape index (κ2) is 6.93. The van der Waals surface area contributed by atoms with Gasteiger partial charge in [0.15, 0.2) is 17.3 Å². The van der Waals surface area contributed by atoms with Crippen LogP contribution in [0.2, 0.25) is 0 Å². The number of anilines is 1. The summed E-state index contributed by atoms with van der Waals surface area (Å²) >= 11 is 0. The van der Waals surface area contributed by atoms with E-state index in [4.69, 9.17) is 4.74 Å². The maximum Gasteiger partial charge on any atom is 0.193 e. The smallest absolute Gasteiger partial charge is 0.193 e. The number of rotatable bonds is 4. The fourth-order valence-corrected chi connectivity index (χ4v) is 2.95. The lowest BCUT2D eigenvalue weighted by atomic mass is 10.0. The van der Waals surface area contributed by atoms with E-state index in [1.165, 1.54) is 13.2 Å². The van der Waals surface area contributed by atoms with Crippen molar-refractivity contribution in [3.63, 3.8) is 0 Å². The van der Waals surface area contributed by atoms with Crippen molar-refractivity contribution in [1.82, 2.24) is 0 Å². The van der Waals surface area contributed by atoms with Gasteiger partial charge in [-0.3, -0.25) is 4.79 Å². The highest BCUT2D eigenvalue weighted by atomic mass is 16.5. The number of ether oxygens (including phenoxy) is 1. The summed E-state index contributed by atoms with van der Waals surface area (Å²) in [6.45, 7) is 1.64. The van der Waals surface area contributed by atoms with Gasteiger partial charge in [-0.05, 0) is 55.3 Å². The van der Waals surface area contributed by atoms with Gasteiger partial charge in [-0.2, -0.15) is 0 Å². The first kappa shape index (κ1) is 16.3. The summed E-state index contributed by atoms with van der Waals surface area (Å²) in [5.41, 5.74) is 2.04. The van der Waals surface area contributed by atoms with Gasteiger partial charge < -0.3 is 19.8 Å². The summed E-state index contributed by atoms with van der Waals surface area (Å²) < 4.78 is 4.99. The SMILES string of the molecule is COc1ccc(C(=O)c2ccc(N3CCC(O)CC3)cc2)cc1O. The summed E-state index contributed by atoms with van der Waals surface area (Å²) in [5, 5.41) is 19.4. The van der Waals surface area contributed by atoms with Crippen LogP contribution in [0.4, 0.5) is 5.69 Å². The Bertz CT molecular complexity index is 719. The first-order chi connectivity index (χ1) is 11.6. The molecule has 0 saturated carbocycles. The number of carbonyl (C=O) groups excluding carboxylic acids is 1. The van der Waals surface area contributed by atoms with Crippen LogP contribution in [0.5, 0.6) is 11.5 Å². The van der Waals surface area contributed by atoms with Crippen LogP contribution in [-0.2, 0) is 0 Å². The minimum absolute atomic E-state index is 0.0492. The van der Waals surface area contributed by atoms with Crippen molar-refractivity contribution < 1.29 is 19.7 Å². The third-order valence-corrected chi connectivity index (χ3v) is 4.40. The molecule has 0 radical (unpaired) electrons. The summed E-state index contributed by atoms with van der Waals surface area (Å²) in [6.07, 6.45) is 1.34. The van der Waals surface area contributed by atoms with Gasteiger partial charge in [0.25, 0.3) is 0 Å². The van der Waals surface area contributed by atoms with Crippen LogP contribution < -0.4 is 9.64 Å². The molecule has 5 nitrogen and oxygen atoms in total. The second-order valence-corrected chi connectivity index (χ2v) is 5.98. The lowest BCUT2D eigenvalue weighted by Crippen LogP contribution is -2.35. The number of ketones is 1. The zero-order valence-electron chi connectivity index (χ0n) is 13.6. The Hall–Kier alpha value is -2.53. The van der Waals surface area contributed by atoms with Crippen LogP contribution in [0.25, 0.3) is 0 Å². The normalized spacial score (nSPS) is 15.3. The summed E-state index contributed by atoms with van der Waals surface area (Å²) in [5.74, 6) is 0.148. The maximum absolute atomic E-state index is 12.5. The predicted molar refractivity (Wildman–Crippen MR) is 92.0 cm³/mol. The number of hydrogen-bond donors (Lipinski definition) is 2. The number of carbonyl (C=O) groups is 1. The van der Waals surface area contributed by atoms with Crippen LogP contribution in [0.1, 0.15) is 28.8 Å². The van der Waals surface area contributed by atoms with E-state index in [0.29, 0.717) is 16.9 Å². The van der Waals surface area contributed by atoms with Gasteiger partial charge in [-0.1, -0.05) is 0 Å². The molecule has 1 aliphatic heterocycles. The van der Waals surface area contributed by atoms with Crippen LogP contribution in [-0.4, -0.2) is 42.3 Å². The Morgan fingerprint density at radius 3 is 2.29 bits per heavy atom. The monoisotopic (exact) mass is 327 g/mol. The molecule has 0 aromatic heterocycles. The number of piperidine rings is 1. The molecule has 0 amide bonds. The molecule has 0 aliphatic carbocycles. The predicted octanol–water partition coefficient (Wildman–Crippen LogP) is 2.59. The standard InChI is InChI=1S/C19H21NO4/c1-24-18-7-4-14(12-17(18)22)19(23)13-2-5-15(6-3-13)20-10-8-16(21)9-11-20/h2-7,12,16,21-22H,8-11H2,1H3. The number of aliphatic hydroxyl groups is 1. The van der Waals surface area contributed by atoms with Crippen molar-refractivity contribution in [2.75, 3.05) is 25.1 Å². The van der Waals surface area contributed by atoms with E-state index in [2.05, 4.69) is 4.90 Å². The first-order valence-corrected chi connectivity index (χ1v) is 8.03. The number of phenolic OH excluding ortho intramolecular Hbond substituents is 1. The van der Waals surface area contributed by atoms with E-state index in [1.807, 2.05) is 12.1 Å². The minimum atomic E-state index is -0.204. The molecule has 3 rings (SSSR count). The molecule has 1 fully saturated rings. The van der Waals surface area contributed by atoms with Crippen LogP contribution >= 0.6 is 0 Å². The average Bonchev–Trinajstić information content (AvgIpc) is 2.62. The van der Waals surface area contributed by atoms with E-state index < -0.39 is 0 Å². The molecule has 2 aromatic carbocycles. The summed E-state index contributed by atoms with van der Waals surface area (Å²) in [4.78, 5) is 14.7. The Morgan fingerprint density at radius 1 is 1.08 bits per heavy atom. The topological polar surface area (TPSA) is 70.0 Å². The molecule has 1 saturated heterocycles. The van der Waals surface area contributed by atoms with Crippen molar-refractivity contribution in [1.29, 1.82) is 0 Å². The van der Waals surface area contributed by atoms with E-state index in [9.17, 15) is 15.0 Å². The molecule has 5 heteroatoms. The lowest BCUT2D eigenvalue weighted by molar-refractivity contribution is 0.103. The van der Waals surface area contributed by atoms with E-state index in [0.717, 1.165) is 31.6 Å². The third kappa shape index (κ3) is 3.36. The molecule has 0 spiro atoms. The maximum atomic E-state index is 12.5. The van der Waals surface area contributed by atoms with Crippen LogP contribution in [0, 0.1) is 0 Å². The molecule has 1 aliphatic rings. The fraction of sp³-hybridized carbons (Fsp3) is 0.316. The van der Waals surface area contributed by atoms with Gasteiger partial charge in [-0.15, -0.1) is 0 Å². The van der Waals surface area contributed by atoms with E-state index >= 15 is 0 Å². The van der Waals surface area contributed by atoms with Crippen molar-refractivity contribution in [2.24, 2.45) is 0 Å². The van der Waals surface area contributed by atoms with Gasteiger partial charge in [0.1, 0.15) is 0 Å². The minimum Gasteiger partial charge on any atom is -0.504 e. The Balaban J connectivity index is 1.75. The molecular formula is C19H21NO4. The zero-order chi connectivity index (χ0) is 17.1. The molecule has 2 aromatic rings. The van der Waals surface area contributed by atoms with Crippen LogP contribution in [0.15, 0.2) is 42.5 Å². The first-order valence-electron chi connectivity index (χ1n) is 8.03. The van der Waals surface area contributed by atoms with Gasteiger partial charge in [0, 0.05) is 29.9 Å². The molecule has 0 unspecified atom stereocenters. The Morgan fingerprint density at radius 2 is 1.71 bits per heavy atom. The average molecular weight is 327 g/mol. The number of aliphatic hydroxyl groups excluding tert-OH is 1. The number of aromatic hydroxyl groups is 1. The van der Waals surface area contributed by atoms with Gasteiger partial charge >= 0.3 is 0 Å². The van der Waals surface area contributed by atoms with Gasteiger partial charge in [0.05, 0.1) is 13.2 Å². The number of nitrogens with zero attached hydrogens (tertiary/aromatic N) is 1. The second-order valence-electron chi connectivity index (χ2n) is 5.98. The lowest BCUT2D eigenvalue weighted by Gasteiger charge is -2.31. The molecule has 2 N–H and O–H groups in total. The van der Waals surface area contributed by atoms with Crippen molar-refractivity contribution in [3.8, 4) is 11.5 Å². The summed E-state index contributed by atoms with van der Waals surface area (Å²) in [6, 6.07) is 12.1. The Labute approximate surface area is 141 Å². The zero-order valence-corrected chi connectivity index (χ0v) is 13.6. The fourth-order valence-electron chi connectivity index (χ4n) is 2.95. The van der Waals surface area contributed by atoms with Crippen molar-refractivity contribution in [3.05, 3.63) is 53.6 Å².